The van der Waals surface area contributed by atoms with Gasteiger partial charge in [-0.05, 0) is 56.0 Å². The van der Waals surface area contributed by atoms with Crippen molar-refractivity contribution >= 4 is 11.6 Å². The number of anilines is 1. The van der Waals surface area contributed by atoms with Gasteiger partial charge < -0.3 is 4.90 Å². The summed E-state index contributed by atoms with van der Waals surface area (Å²) in [5, 5.41) is 0. The molecule has 1 aliphatic rings. The van der Waals surface area contributed by atoms with Crippen LogP contribution in [0.1, 0.15) is 33.5 Å². The molecule has 0 aromatic heterocycles. The Morgan fingerprint density at radius 2 is 1.70 bits per heavy atom. The van der Waals surface area contributed by atoms with Gasteiger partial charge in [0.1, 0.15) is 0 Å². The molecule has 0 radical (unpaired) electrons. The molecular weight excluding hydrogens is 246 g/mol. The lowest BCUT2D eigenvalue weighted by molar-refractivity contribution is 0.0985. The molecule has 2 heteroatoms. The Morgan fingerprint density at radius 1 is 1.00 bits per heavy atom. The Balaban J connectivity index is 1.97. The number of hydrogen-bond donors (Lipinski definition) is 0. The van der Waals surface area contributed by atoms with E-state index in [1.54, 1.807) is 0 Å². The Kier molecular flexibility index (Phi) is 3.31. The van der Waals surface area contributed by atoms with Crippen molar-refractivity contribution in [2.45, 2.75) is 26.7 Å². The average Bonchev–Trinajstić information content (AvgIpc) is 2.46. The summed E-state index contributed by atoms with van der Waals surface area (Å²) in [6, 6.07) is 14.2. The Labute approximate surface area is 120 Å². The van der Waals surface area contributed by atoms with E-state index in [1.165, 1.54) is 16.7 Å². The topological polar surface area (TPSA) is 20.3 Å². The zero-order valence-electron chi connectivity index (χ0n) is 12.0. The van der Waals surface area contributed by atoms with Crippen molar-refractivity contribution in [3.05, 3.63) is 64.7 Å². The van der Waals surface area contributed by atoms with Crippen LogP contribution in [0.2, 0.25) is 0 Å². The van der Waals surface area contributed by atoms with Crippen LogP contribution in [0, 0.1) is 13.8 Å². The van der Waals surface area contributed by atoms with E-state index in [0.717, 1.165) is 30.6 Å². The van der Waals surface area contributed by atoms with Gasteiger partial charge in [0.25, 0.3) is 5.91 Å². The molecule has 2 aromatic carbocycles. The molecule has 0 spiro atoms. The van der Waals surface area contributed by atoms with Gasteiger partial charge >= 0.3 is 0 Å². The van der Waals surface area contributed by atoms with Crippen molar-refractivity contribution in [3.63, 3.8) is 0 Å². The number of benzene rings is 2. The fourth-order valence-corrected chi connectivity index (χ4v) is 2.75. The molecule has 1 heterocycles. The monoisotopic (exact) mass is 265 g/mol. The molecule has 0 N–H and O–H groups in total. The molecule has 2 aromatic rings. The average molecular weight is 265 g/mol. The number of amides is 1. The maximum absolute atomic E-state index is 12.7. The minimum absolute atomic E-state index is 0.108. The highest BCUT2D eigenvalue weighted by Crippen LogP contribution is 2.29. The van der Waals surface area contributed by atoms with Gasteiger partial charge in [-0.25, -0.2) is 0 Å². The fourth-order valence-electron chi connectivity index (χ4n) is 2.75. The van der Waals surface area contributed by atoms with Crippen LogP contribution in [0.25, 0.3) is 0 Å². The van der Waals surface area contributed by atoms with Gasteiger partial charge in [0.2, 0.25) is 0 Å². The van der Waals surface area contributed by atoms with Crippen LogP contribution in [-0.4, -0.2) is 12.5 Å². The van der Waals surface area contributed by atoms with E-state index in [1.807, 2.05) is 36.1 Å². The van der Waals surface area contributed by atoms with Crippen LogP contribution < -0.4 is 4.90 Å². The third kappa shape index (κ3) is 2.34. The van der Waals surface area contributed by atoms with Crippen LogP contribution in [0.3, 0.4) is 0 Å². The summed E-state index contributed by atoms with van der Waals surface area (Å²) >= 11 is 0. The molecule has 20 heavy (non-hydrogen) atoms. The van der Waals surface area contributed by atoms with Crippen LogP contribution in [0.5, 0.6) is 0 Å². The van der Waals surface area contributed by atoms with Crippen LogP contribution in [-0.2, 0) is 6.42 Å². The van der Waals surface area contributed by atoms with E-state index < -0.39 is 0 Å². The second kappa shape index (κ2) is 5.12. The van der Waals surface area contributed by atoms with Gasteiger partial charge in [0.05, 0.1) is 0 Å². The predicted octanol–water partition coefficient (Wildman–Crippen LogP) is 3.90. The fraction of sp³-hybridized carbons (Fsp3) is 0.278. The molecule has 0 saturated heterocycles. The highest BCUT2D eigenvalue weighted by atomic mass is 16.2. The highest BCUT2D eigenvalue weighted by molar-refractivity contribution is 6.06. The lowest BCUT2D eigenvalue weighted by Crippen LogP contribution is -2.35. The zero-order chi connectivity index (χ0) is 14.1. The molecule has 0 atom stereocenters. The largest absolute Gasteiger partial charge is 0.308 e. The Bertz CT molecular complexity index is 643. The number of rotatable bonds is 1. The second-order valence-electron chi connectivity index (χ2n) is 5.56. The van der Waals surface area contributed by atoms with Gasteiger partial charge in [-0.3, -0.25) is 4.79 Å². The summed E-state index contributed by atoms with van der Waals surface area (Å²) in [6.45, 7) is 4.92. The van der Waals surface area contributed by atoms with Crippen LogP contribution >= 0.6 is 0 Å². The SMILES string of the molecule is Cc1ccc(C(=O)N2CCCc3ccc(C)cc32)cc1. The first-order valence-corrected chi connectivity index (χ1v) is 7.13. The van der Waals surface area contributed by atoms with Gasteiger partial charge in [-0.2, -0.15) is 0 Å². The van der Waals surface area contributed by atoms with Crippen molar-refractivity contribution in [2.24, 2.45) is 0 Å². The minimum atomic E-state index is 0.108. The summed E-state index contributed by atoms with van der Waals surface area (Å²) in [7, 11) is 0. The van der Waals surface area contributed by atoms with E-state index in [2.05, 4.69) is 25.1 Å². The summed E-state index contributed by atoms with van der Waals surface area (Å²) in [4.78, 5) is 14.6. The Morgan fingerprint density at radius 3 is 2.45 bits per heavy atom. The minimum Gasteiger partial charge on any atom is -0.308 e. The van der Waals surface area contributed by atoms with E-state index in [-0.39, 0.29) is 5.91 Å². The highest BCUT2D eigenvalue weighted by Gasteiger charge is 2.23. The molecule has 1 aliphatic heterocycles. The van der Waals surface area contributed by atoms with Crippen molar-refractivity contribution in [1.82, 2.24) is 0 Å². The van der Waals surface area contributed by atoms with Crippen LogP contribution in [0.4, 0.5) is 5.69 Å². The van der Waals surface area contributed by atoms with E-state index in [0.29, 0.717) is 0 Å². The summed E-state index contributed by atoms with van der Waals surface area (Å²) in [6.07, 6.45) is 2.10. The molecule has 1 amide bonds. The second-order valence-corrected chi connectivity index (χ2v) is 5.56. The maximum Gasteiger partial charge on any atom is 0.258 e. The summed E-state index contributed by atoms with van der Waals surface area (Å²) in [5.74, 6) is 0.108. The standard InChI is InChI=1S/C18H19NO/c1-13-5-9-16(10-6-13)18(20)19-11-3-4-15-8-7-14(2)12-17(15)19/h5-10,12H,3-4,11H2,1-2H3. The third-order valence-electron chi connectivity index (χ3n) is 3.90. The third-order valence-corrected chi connectivity index (χ3v) is 3.90. The molecule has 0 fully saturated rings. The van der Waals surface area contributed by atoms with E-state index in [4.69, 9.17) is 0 Å². The first-order chi connectivity index (χ1) is 9.65. The van der Waals surface area contributed by atoms with Crippen molar-refractivity contribution in [2.75, 3.05) is 11.4 Å². The number of carbonyl (C=O) groups is 1. The first kappa shape index (κ1) is 12.9. The number of aryl methyl sites for hydroxylation is 3. The van der Waals surface area contributed by atoms with Crippen molar-refractivity contribution in [1.29, 1.82) is 0 Å². The van der Waals surface area contributed by atoms with Gasteiger partial charge in [0.15, 0.2) is 0 Å². The molecule has 0 saturated carbocycles. The number of hydrogen-bond acceptors (Lipinski definition) is 1. The Hall–Kier alpha value is -2.09. The van der Waals surface area contributed by atoms with Gasteiger partial charge in [0, 0.05) is 17.8 Å². The molecule has 0 aliphatic carbocycles. The molecular formula is C18H19NO. The number of carbonyl (C=O) groups excluding carboxylic acids is 1. The number of nitrogens with zero attached hydrogens (tertiary/aromatic N) is 1. The van der Waals surface area contributed by atoms with Crippen molar-refractivity contribution < 1.29 is 4.79 Å². The quantitative estimate of drug-likeness (QED) is 0.766. The van der Waals surface area contributed by atoms with Gasteiger partial charge in [-0.15, -0.1) is 0 Å². The molecule has 3 rings (SSSR count). The zero-order valence-corrected chi connectivity index (χ0v) is 12.0. The normalized spacial score (nSPS) is 14.0. The summed E-state index contributed by atoms with van der Waals surface area (Å²) in [5.41, 5.74) is 5.51. The van der Waals surface area contributed by atoms with Gasteiger partial charge in [-0.1, -0.05) is 29.8 Å². The molecule has 2 nitrogen and oxygen atoms in total. The summed E-state index contributed by atoms with van der Waals surface area (Å²) < 4.78 is 0. The lowest BCUT2D eigenvalue weighted by atomic mass is 9.99. The smallest absolute Gasteiger partial charge is 0.258 e. The van der Waals surface area contributed by atoms with E-state index in [9.17, 15) is 4.79 Å². The van der Waals surface area contributed by atoms with E-state index >= 15 is 0 Å². The molecule has 0 bridgehead atoms. The molecule has 102 valence electrons. The van der Waals surface area contributed by atoms with Crippen molar-refractivity contribution in [3.8, 4) is 0 Å². The van der Waals surface area contributed by atoms with Crippen LogP contribution in [0.15, 0.2) is 42.5 Å². The first-order valence-electron chi connectivity index (χ1n) is 7.13. The molecule has 0 unspecified atom stereocenters. The lowest BCUT2D eigenvalue weighted by Gasteiger charge is -2.30. The predicted molar refractivity (Wildman–Crippen MR) is 82.4 cm³/mol. The maximum atomic E-state index is 12.7. The number of fused-ring (bicyclic) bond motifs is 1.